The minimum absolute atomic E-state index is 0.0683. The van der Waals surface area contributed by atoms with Crippen LogP contribution in [0.3, 0.4) is 0 Å². The number of rotatable bonds is 12. The average molecular weight is 968 g/mol. The van der Waals surface area contributed by atoms with Crippen LogP contribution < -0.4 is 20.1 Å². The quantitative estimate of drug-likeness (QED) is 0.0507. The fraction of sp³-hybridized carbons (Fsp3) is 0.479. The monoisotopic (exact) mass is 967 g/mol. The van der Waals surface area contributed by atoms with Crippen LogP contribution in [0.2, 0.25) is 0 Å². The highest BCUT2D eigenvalue weighted by Gasteiger charge is 2.37. The van der Waals surface area contributed by atoms with Gasteiger partial charge in [-0.05, 0) is 170 Å². The third kappa shape index (κ3) is 20.5. The van der Waals surface area contributed by atoms with Crippen molar-refractivity contribution in [2.45, 2.75) is 151 Å². The summed E-state index contributed by atoms with van der Waals surface area (Å²) in [6, 6.07) is 15.8. The molecular weight excluding hydrogens is 903 g/mol. The molecule has 68 heavy (non-hydrogen) atoms. The number of guanidine groups is 1. The first-order valence-electron chi connectivity index (χ1n) is 21.5. The lowest BCUT2D eigenvalue weighted by Gasteiger charge is -2.29. The van der Waals surface area contributed by atoms with Crippen molar-refractivity contribution in [2.24, 2.45) is 4.99 Å². The molecule has 3 rings (SSSR count). The summed E-state index contributed by atoms with van der Waals surface area (Å²) in [5.41, 5.74) is -3.27. The smallest absolute Gasteiger partial charge is 0.425 e. The summed E-state index contributed by atoms with van der Waals surface area (Å²) in [6.07, 6.45) is -3.25. The Morgan fingerprint density at radius 1 is 0.544 bits per heavy atom. The van der Waals surface area contributed by atoms with E-state index in [1.54, 1.807) is 116 Å². The summed E-state index contributed by atoms with van der Waals surface area (Å²) in [4.78, 5) is 82.2. The molecule has 3 N–H and O–H groups in total. The van der Waals surface area contributed by atoms with Crippen LogP contribution in [0, 0.1) is 0 Å². The Morgan fingerprint density at radius 2 is 0.971 bits per heavy atom. The number of ether oxygens (including phenoxy) is 6. The lowest BCUT2D eigenvalue weighted by atomic mass is 10.0. The van der Waals surface area contributed by atoms with Crippen LogP contribution in [0.25, 0.3) is 0 Å². The molecule has 0 saturated carbocycles. The Labute approximate surface area is 398 Å². The lowest BCUT2D eigenvalue weighted by Crippen LogP contribution is -2.52. The molecule has 0 bridgehead atoms. The molecule has 3 amide bonds. The van der Waals surface area contributed by atoms with Crippen molar-refractivity contribution >= 4 is 58.0 Å². The maximum Gasteiger partial charge on any atom is 0.425 e. The van der Waals surface area contributed by atoms with Crippen molar-refractivity contribution in [3.05, 3.63) is 95.1 Å². The van der Waals surface area contributed by atoms with E-state index in [4.69, 9.17) is 28.4 Å². The van der Waals surface area contributed by atoms with Crippen LogP contribution in [0.5, 0.6) is 5.75 Å². The normalized spacial score (nSPS) is 12.6. The molecule has 0 saturated heterocycles. The van der Waals surface area contributed by atoms with Gasteiger partial charge >= 0.3 is 46.4 Å². The zero-order valence-electron chi connectivity index (χ0n) is 41.4. The van der Waals surface area contributed by atoms with E-state index in [-0.39, 0.29) is 40.5 Å². The molecule has 0 fully saturated rings. The molecule has 0 spiro atoms. The minimum Gasteiger partial charge on any atom is -0.459 e. The Bertz CT molecular complexity index is 2390. The van der Waals surface area contributed by atoms with Crippen molar-refractivity contribution in [1.29, 1.82) is 0 Å². The zero-order valence-corrected chi connectivity index (χ0v) is 42.3. The number of hydrogen-bond acceptors (Lipinski definition) is 15. The van der Waals surface area contributed by atoms with Gasteiger partial charge in [-0.3, -0.25) is 15.4 Å². The van der Waals surface area contributed by atoms with Gasteiger partial charge in [0.1, 0.15) is 39.8 Å². The summed E-state index contributed by atoms with van der Waals surface area (Å²) in [5.74, 6) is -2.50. The third-order valence-electron chi connectivity index (χ3n) is 7.94. The van der Waals surface area contributed by atoms with Crippen molar-refractivity contribution in [2.75, 3.05) is 0 Å². The Kier molecular flexibility index (Phi) is 18.1. The van der Waals surface area contributed by atoms with E-state index >= 15 is 0 Å². The Balaban J connectivity index is 1.85. The molecular formula is C48H65N5O14S. The standard InChI is InChI=1S/C48H65N5O14S/c1-44(2,3)63-38(55)33-20-16-30(17-21-33)28-36(39(56)64-45(4,5)6)52-68(60,61)53(43(59)67-48(13,14)15)29-31-18-26-35(27-19-31)62-37(54)32-22-24-34(25-23-32)49-40(50-41(57)65-46(7,8)9)51-42(58)66-47(10,11)12/h16-27,36,52H,28-29H2,1-15H3,(H2,49,50,51,57,58). The number of carbonyl (C=O) groups excluding carboxylic acids is 6. The molecule has 0 heterocycles. The SMILES string of the molecule is CC(C)(C)OC(=O)NC(=Nc1ccc(C(=O)Oc2ccc(CN(C(=O)OC(C)(C)C)S(=O)(=O)NC(Cc3ccc(C(=O)OC(C)(C)C)cc3)C(=O)OC(C)(C)C)cc2)cc1)NC(=O)OC(C)(C)C. The van der Waals surface area contributed by atoms with Gasteiger partial charge in [0.15, 0.2) is 0 Å². The fourth-order valence-corrected chi connectivity index (χ4v) is 6.60. The number of aliphatic imine (C=N–C) groups is 1. The summed E-state index contributed by atoms with van der Waals surface area (Å²) < 4.78 is 63.7. The molecule has 0 aliphatic heterocycles. The Hall–Kier alpha value is -6.54. The number of amides is 3. The summed E-state index contributed by atoms with van der Waals surface area (Å²) in [6.45, 7) is 24.1. The van der Waals surface area contributed by atoms with E-state index in [0.717, 1.165) is 0 Å². The summed E-state index contributed by atoms with van der Waals surface area (Å²) >= 11 is 0. The number of carbonyl (C=O) groups is 6. The van der Waals surface area contributed by atoms with Crippen molar-refractivity contribution < 1.29 is 65.6 Å². The van der Waals surface area contributed by atoms with Crippen molar-refractivity contribution in [1.82, 2.24) is 19.7 Å². The van der Waals surface area contributed by atoms with Gasteiger partial charge in [0.25, 0.3) is 0 Å². The lowest BCUT2D eigenvalue weighted by molar-refractivity contribution is -0.157. The highest BCUT2D eigenvalue weighted by Crippen LogP contribution is 2.22. The minimum atomic E-state index is -4.87. The number of nitrogens with one attached hydrogen (secondary N) is 3. The molecule has 0 radical (unpaired) electrons. The fourth-order valence-electron chi connectivity index (χ4n) is 5.38. The number of benzene rings is 3. The number of hydrogen-bond donors (Lipinski definition) is 3. The van der Waals surface area contributed by atoms with Crippen LogP contribution in [0.4, 0.5) is 20.1 Å². The van der Waals surface area contributed by atoms with Crippen LogP contribution in [0.1, 0.15) is 136 Å². The van der Waals surface area contributed by atoms with Gasteiger partial charge in [0, 0.05) is 0 Å². The molecule has 1 unspecified atom stereocenters. The third-order valence-corrected chi connectivity index (χ3v) is 9.38. The van der Waals surface area contributed by atoms with Gasteiger partial charge in [-0.15, -0.1) is 0 Å². The highest BCUT2D eigenvalue weighted by atomic mass is 32.2. The van der Waals surface area contributed by atoms with Gasteiger partial charge in [0.2, 0.25) is 5.96 Å². The number of esters is 3. The van der Waals surface area contributed by atoms with Crippen LogP contribution in [0.15, 0.2) is 77.8 Å². The summed E-state index contributed by atoms with van der Waals surface area (Å²) in [7, 11) is -4.87. The van der Waals surface area contributed by atoms with Gasteiger partial charge < -0.3 is 28.4 Å². The molecule has 0 aliphatic rings. The molecule has 20 heteroatoms. The molecule has 3 aromatic rings. The molecule has 0 aliphatic carbocycles. The van der Waals surface area contributed by atoms with E-state index < -0.39 is 87.0 Å². The highest BCUT2D eigenvalue weighted by molar-refractivity contribution is 7.87. The molecule has 3 aromatic carbocycles. The zero-order chi connectivity index (χ0) is 51.6. The van der Waals surface area contributed by atoms with Gasteiger partial charge in [-0.1, -0.05) is 24.3 Å². The van der Waals surface area contributed by atoms with Crippen molar-refractivity contribution in [3.8, 4) is 5.75 Å². The van der Waals surface area contributed by atoms with Gasteiger partial charge in [0.05, 0.1) is 23.4 Å². The maximum atomic E-state index is 14.2. The second kappa shape index (κ2) is 22.0. The largest absolute Gasteiger partial charge is 0.459 e. The average Bonchev–Trinajstić information content (AvgIpc) is 3.14. The van der Waals surface area contributed by atoms with Crippen LogP contribution in [-0.2, 0) is 51.7 Å². The van der Waals surface area contributed by atoms with Crippen LogP contribution in [-0.4, -0.2) is 88.9 Å². The second-order valence-electron chi connectivity index (χ2n) is 20.4. The predicted molar refractivity (Wildman–Crippen MR) is 252 cm³/mol. The maximum absolute atomic E-state index is 14.2. The van der Waals surface area contributed by atoms with Crippen molar-refractivity contribution in [3.63, 3.8) is 0 Å². The van der Waals surface area contributed by atoms with Gasteiger partial charge in [-0.2, -0.15) is 17.4 Å². The first-order valence-corrected chi connectivity index (χ1v) is 23.0. The van der Waals surface area contributed by atoms with Gasteiger partial charge in [-0.25, -0.2) is 29.0 Å². The topological polar surface area (TPSA) is 244 Å². The molecule has 372 valence electrons. The van der Waals surface area contributed by atoms with E-state index in [0.29, 0.717) is 9.87 Å². The Morgan fingerprint density at radius 3 is 1.43 bits per heavy atom. The van der Waals surface area contributed by atoms with E-state index in [9.17, 15) is 37.2 Å². The number of nitrogens with zero attached hydrogens (tertiary/aromatic N) is 2. The summed E-state index contributed by atoms with van der Waals surface area (Å²) in [5, 5.41) is 4.75. The van der Waals surface area contributed by atoms with E-state index in [1.165, 1.54) is 60.7 Å². The predicted octanol–water partition coefficient (Wildman–Crippen LogP) is 8.42. The first kappa shape index (κ1) is 55.8. The van der Waals surface area contributed by atoms with E-state index in [2.05, 4.69) is 20.3 Å². The first-order chi connectivity index (χ1) is 31.0. The van der Waals surface area contributed by atoms with Crippen LogP contribution >= 0.6 is 0 Å². The molecule has 0 aromatic heterocycles. The molecule has 1 atom stereocenters. The molecule has 19 nitrogen and oxygen atoms in total. The number of alkyl carbamates (subject to hydrolysis) is 2. The van der Waals surface area contributed by atoms with E-state index in [1.807, 2.05) is 0 Å². The second-order valence-corrected chi connectivity index (χ2v) is 22.0.